The molecule has 0 spiro atoms. The predicted molar refractivity (Wildman–Crippen MR) is 81.5 cm³/mol. The van der Waals surface area contributed by atoms with Crippen LogP contribution in [0.4, 0.5) is 5.69 Å². The van der Waals surface area contributed by atoms with Gasteiger partial charge in [0.05, 0.1) is 22.3 Å². The molecule has 0 saturated heterocycles. The van der Waals surface area contributed by atoms with Crippen LogP contribution in [0.5, 0.6) is 5.75 Å². The van der Waals surface area contributed by atoms with E-state index < -0.39 is 10.8 Å². The Bertz CT molecular complexity index is 669. The Labute approximate surface area is 121 Å². The van der Waals surface area contributed by atoms with E-state index in [2.05, 4.69) is 0 Å². The van der Waals surface area contributed by atoms with Crippen molar-refractivity contribution in [3.63, 3.8) is 0 Å². The van der Waals surface area contributed by atoms with E-state index in [1.807, 2.05) is 49.4 Å². The summed E-state index contributed by atoms with van der Waals surface area (Å²) in [6.45, 7) is 2.57. The van der Waals surface area contributed by atoms with Gasteiger partial charge in [-0.3, -0.25) is 4.21 Å². The summed E-state index contributed by atoms with van der Waals surface area (Å²) in [6, 6.07) is 13.6. The third-order valence-corrected chi connectivity index (χ3v) is 5.13. The van der Waals surface area contributed by atoms with Crippen molar-refractivity contribution < 1.29 is 8.95 Å². The van der Waals surface area contributed by atoms with Gasteiger partial charge < -0.3 is 10.5 Å². The number of hydrogen-bond acceptors (Lipinski definition) is 3. The van der Waals surface area contributed by atoms with Crippen molar-refractivity contribution in [2.24, 2.45) is 0 Å². The molecule has 4 heteroatoms. The Morgan fingerprint density at radius 2 is 2.10 bits per heavy atom. The third kappa shape index (κ3) is 2.43. The SMILES string of the molecule is Cc1ccc(S(=O)CC2COc3ccccc32)c(N)c1. The van der Waals surface area contributed by atoms with Gasteiger partial charge in [0.15, 0.2) is 0 Å². The topological polar surface area (TPSA) is 52.3 Å². The highest BCUT2D eigenvalue weighted by atomic mass is 32.2. The largest absolute Gasteiger partial charge is 0.493 e. The Balaban J connectivity index is 1.81. The molecule has 1 aliphatic heterocycles. The molecule has 0 saturated carbocycles. The zero-order valence-corrected chi connectivity index (χ0v) is 12.2. The van der Waals surface area contributed by atoms with E-state index in [4.69, 9.17) is 10.5 Å². The second-order valence-electron chi connectivity index (χ2n) is 5.10. The van der Waals surface area contributed by atoms with Crippen molar-refractivity contribution in [2.75, 3.05) is 18.1 Å². The van der Waals surface area contributed by atoms with E-state index >= 15 is 0 Å². The molecule has 104 valence electrons. The van der Waals surface area contributed by atoms with Crippen molar-refractivity contribution in [1.29, 1.82) is 0 Å². The highest BCUT2D eigenvalue weighted by Gasteiger charge is 2.26. The van der Waals surface area contributed by atoms with Gasteiger partial charge in [-0.2, -0.15) is 0 Å². The van der Waals surface area contributed by atoms with Crippen LogP contribution in [0.1, 0.15) is 17.0 Å². The van der Waals surface area contributed by atoms with Gasteiger partial charge in [0.1, 0.15) is 5.75 Å². The Morgan fingerprint density at radius 3 is 2.90 bits per heavy atom. The molecule has 2 atom stereocenters. The van der Waals surface area contributed by atoms with Crippen LogP contribution in [-0.4, -0.2) is 16.6 Å². The fourth-order valence-corrected chi connectivity index (χ4v) is 3.88. The van der Waals surface area contributed by atoms with Crippen LogP contribution in [0.25, 0.3) is 0 Å². The maximum atomic E-state index is 12.5. The molecule has 0 fully saturated rings. The first-order chi connectivity index (χ1) is 9.65. The molecule has 2 aromatic carbocycles. The standard InChI is InChI=1S/C16H17NO2S/c1-11-6-7-16(14(17)8-11)20(18)10-12-9-19-15-5-3-2-4-13(12)15/h2-8,12H,9-10,17H2,1H3. The lowest BCUT2D eigenvalue weighted by Crippen LogP contribution is -2.12. The molecule has 0 aromatic heterocycles. The molecule has 2 unspecified atom stereocenters. The van der Waals surface area contributed by atoms with Crippen LogP contribution < -0.4 is 10.5 Å². The number of fused-ring (bicyclic) bond motifs is 1. The normalized spacial score (nSPS) is 18.4. The molecular weight excluding hydrogens is 270 g/mol. The number of rotatable bonds is 3. The van der Waals surface area contributed by atoms with Crippen LogP contribution in [-0.2, 0) is 10.8 Å². The molecular formula is C16H17NO2S. The van der Waals surface area contributed by atoms with Crippen molar-refractivity contribution in [1.82, 2.24) is 0 Å². The summed E-state index contributed by atoms with van der Waals surface area (Å²) in [6.07, 6.45) is 0. The molecule has 2 aromatic rings. The molecule has 1 heterocycles. The first-order valence-corrected chi connectivity index (χ1v) is 7.93. The third-order valence-electron chi connectivity index (χ3n) is 3.56. The first kappa shape index (κ1) is 13.2. The van der Waals surface area contributed by atoms with Crippen molar-refractivity contribution in [3.05, 3.63) is 53.6 Å². The molecule has 3 nitrogen and oxygen atoms in total. The summed E-state index contributed by atoms with van der Waals surface area (Å²) in [7, 11) is -1.11. The second kappa shape index (κ2) is 5.29. The summed E-state index contributed by atoms with van der Waals surface area (Å²) >= 11 is 0. The average Bonchev–Trinajstić information content (AvgIpc) is 2.82. The van der Waals surface area contributed by atoms with Crippen LogP contribution >= 0.6 is 0 Å². The molecule has 0 amide bonds. The van der Waals surface area contributed by atoms with Gasteiger partial charge in [-0.05, 0) is 30.7 Å². The Hall–Kier alpha value is -1.81. The molecule has 0 bridgehead atoms. The molecule has 2 N–H and O–H groups in total. The number of hydrogen-bond donors (Lipinski definition) is 1. The molecule has 0 aliphatic carbocycles. The number of para-hydroxylation sites is 1. The summed E-state index contributed by atoms with van der Waals surface area (Å²) in [5.41, 5.74) is 8.80. The number of nitrogen functional groups attached to an aromatic ring is 1. The zero-order valence-electron chi connectivity index (χ0n) is 11.3. The van der Waals surface area contributed by atoms with E-state index in [0.29, 0.717) is 18.0 Å². The fourth-order valence-electron chi connectivity index (χ4n) is 2.52. The van der Waals surface area contributed by atoms with Gasteiger partial charge in [-0.15, -0.1) is 0 Å². The Morgan fingerprint density at radius 1 is 1.30 bits per heavy atom. The second-order valence-corrected chi connectivity index (χ2v) is 6.56. The van der Waals surface area contributed by atoms with Crippen molar-refractivity contribution in [3.8, 4) is 5.75 Å². The van der Waals surface area contributed by atoms with Crippen molar-refractivity contribution >= 4 is 16.5 Å². The van der Waals surface area contributed by atoms with Gasteiger partial charge in [-0.25, -0.2) is 0 Å². The average molecular weight is 287 g/mol. The smallest absolute Gasteiger partial charge is 0.122 e. The summed E-state index contributed by atoms with van der Waals surface area (Å²) in [5.74, 6) is 1.63. The van der Waals surface area contributed by atoms with E-state index in [0.717, 1.165) is 21.8 Å². The first-order valence-electron chi connectivity index (χ1n) is 6.61. The van der Waals surface area contributed by atoms with Gasteiger partial charge in [0, 0.05) is 22.9 Å². The lowest BCUT2D eigenvalue weighted by molar-refractivity contribution is 0.338. The number of aryl methyl sites for hydroxylation is 1. The summed E-state index contributed by atoms with van der Waals surface area (Å²) in [4.78, 5) is 0.722. The molecule has 3 rings (SSSR count). The predicted octanol–water partition coefficient (Wildman–Crippen LogP) is 2.86. The minimum absolute atomic E-state index is 0.174. The van der Waals surface area contributed by atoms with Gasteiger partial charge in [-0.1, -0.05) is 24.3 Å². The van der Waals surface area contributed by atoms with Gasteiger partial charge in [0.25, 0.3) is 0 Å². The monoisotopic (exact) mass is 287 g/mol. The highest BCUT2D eigenvalue weighted by molar-refractivity contribution is 7.85. The Kier molecular flexibility index (Phi) is 3.49. The van der Waals surface area contributed by atoms with E-state index in [9.17, 15) is 4.21 Å². The van der Waals surface area contributed by atoms with E-state index in [1.165, 1.54) is 0 Å². The quantitative estimate of drug-likeness (QED) is 0.883. The van der Waals surface area contributed by atoms with E-state index in [1.54, 1.807) is 0 Å². The van der Waals surface area contributed by atoms with Gasteiger partial charge >= 0.3 is 0 Å². The van der Waals surface area contributed by atoms with Crippen LogP contribution in [0, 0.1) is 6.92 Å². The lowest BCUT2D eigenvalue weighted by Gasteiger charge is -2.11. The summed E-state index contributed by atoms with van der Waals surface area (Å²) < 4.78 is 18.1. The minimum Gasteiger partial charge on any atom is -0.493 e. The van der Waals surface area contributed by atoms with E-state index in [-0.39, 0.29) is 5.92 Å². The maximum Gasteiger partial charge on any atom is 0.122 e. The molecule has 20 heavy (non-hydrogen) atoms. The van der Waals surface area contributed by atoms with Crippen LogP contribution in [0.3, 0.4) is 0 Å². The fraction of sp³-hybridized carbons (Fsp3) is 0.250. The van der Waals surface area contributed by atoms with Crippen LogP contribution in [0.15, 0.2) is 47.4 Å². The maximum absolute atomic E-state index is 12.5. The highest BCUT2D eigenvalue weighted by Crippen LogP contribution is 2.35. The molecule has 0 radical (unpaired) electrons. The zero-order chi connectivity index (χ0) is 14.1. The number of benzene rings is 2. The van der Waals surface area contributed by atoms with Crippen molar-refractivity contribution in [2.45, 2.75) is 17.7 Å². The molecule has 1 aliphatic rings. The number of ether oxygens (including phenoxy) is 1. The van der Waals surface area contributed by atoms with Gasteiger partial charge in [0.2, 0.25) is 0 Å². The van der Waals surface area contributed by atoms with Crippen LogP contribution in [0.2, 0.25) is 0 Å². The lowest BCUT2D eigenvalue weighted by atomic mass is 10.0. The number of anilines is 1. The minimum atomic E-state index is -1.11. The summed E-state index contributed by atoms with van der Waals surface area (Å²) in [5, 5.41) is 0. The number of nitrogens with two attached hydrogens (primary N) is 1.